The molecule has 6 aliphatic carbocycles. The van der Waals surface area contributed by atoms with Crippen LogP contribution in [0, 0.1) is 34.5 Å². The molecule has 6 saturated carbocycles. The average molecular weight is 1210 g/mol. The lowest BCUT2D eigenvalue weighted by Gasteiger charge is -2.64. The number of fused-ring (bicyclic) bond motifs is 2. The van der Waals surface area contributed by atoms with Crippen molar-refractivity contribution >= 4 is 83.9 Å². The molecule has 3 N–H and O–H groups in total. The molecule has 0 spiro atoms. The highest BCUT2D eigenvalue weighted by molar-refractivity contribution is 6.61. The Labute approximate surface area is 506 Å². The normalized spacial score (nSPS) is 30.2. The maximum absolute atomic E-state index is 13.2. The van der Waals surface area contributed by atoms with Crippen molar-refractivity contribution in [2.75, 3.05) is 26.3 Å². The summed E-state index contributed by atoms with van der Waals surface area (Å²) in [5, 5.41) is 5.18. The van der Waals surface area contributed by atoms with Crippen molar-refractivity contribution in [3.05, 3.63) is 72.2 Å². The topological polar surface area (TPSA) is 213 Å². The number of nitrogens with zero attached hydrogens (tertiary/aromatic N) is 2. The van der Waals surface area contributed by atoms with Crippen LogP contribution < -0.4 is 11.1 Å². The minimum absolute atomic E-state index is 0. The fraction of sp³-hybridized carbons (Fsp3) is 0.677. The van der Waals surface area contributed by atoms with E-state index in [-0.39, 0.29) is 86.2 Å². The van der Waals surface area contributed by atoms with Crippen LogP contribution >= 0.6 is 24.0 Å². The lowest BCUT2D eigenvalue weighted by atomic mass is 9.43. The van der Waals surface area contributed by atoms with Crippen LogP contribution in [0.2, 0.25) is 0 Å². The highest BCUT2D eigenvalue weighted by atomic mass is 35.5. The summed E-state index contributed by atoms with van der Waals surface area (Å²) in [7, 11) is -0.954. The van der Waals surface area contributed by atoms with Gasteiger partial charge in [0, 0.05) is 41.4 Å². The molecule has 2 aromatic heterocycles. The van der Waals surface area contributed by atoms with Gasteiger partial charge in [-0.15, -0.1) is 12.4 Å². The lowest BCUT2D eigenvalue weighted by Crippen LogP contribution is -2.65. The largest absolute Gasteiger partial charge is 0.482 e. The molecule has 22 heteroatoms. The van der Waals surface area contributed by atoms with Crippen LogP contribution in [-0.2, 0) is 50.4 Å². The van der Waals surface area contributed by atoms with Crippen LogP contribution in [0.5, 0.6) is 0 Å². The van der Waals surface area contributed by atoms with Crippen LogP contribution in [0.25, 0.3) is 21.9 Å². The molecule has 3 amide bonds. The number of ether oxygens (including phenoxy) is 4. The van der Waals surface area contributed by atoms with Crippen molar-refractivity contribution in [2.24, 2.45) is 40.2 Å². The summed E-state index contributed by atoms with van der Waals surface area (Å²) in [6.45, 7) is 26.2. The van der Waals surface area contributed by atoms with Crippen LogP contribution in [0.1, 0.15) is 146 Å². The van der Waals surface area contributed by atoms with Gasteiger partial charge in [-0.2, -0.15) is 0 Å². The standard InChI is InChI=1S/C31H43BN2O7.C20H26BNO3.C11H18ClNO4.ClH/c1-29(2,3)39-28(36)34-13-9-10-21(34)18-38-27(35)33-26(14-19-17-37-23-12-8-7-11-22(19)23)32-40-25-16-20-15-24(30(20,4)5)31(25,6)41-32;1-19(2)13-9-16(19)20(3)17(10-13)24-21(25-20)18(22)8-12-11-23-15-7-5-4-6-14(12)15;1-11(2,3)17-10(15)13-6-4-5-8(13)7-16-9(12)14;/h7-8,11-12,17,20-21,24-26H,9-10,13-16,18H2,1-6H3,(H,33,35);4-7,11,13,16-18H,8-10,22H2,1-3H3;8H,4-7H2,1-3H3;1H/t20-,21+,24-,25+,26-,31-;13-,16-,17+,18-,20-;8-;/m001./s1. The number of halogens is 2. The molecule has 10 fully saturated rings. The second-order valence-electron chi connectivity index (χ2n) is 28.1. The summed E-state index contributed by atoms with van der Waals surface area (Å²) in [5.41, 5.74) is 8.32. The number of likely N-dealkylation sites (tertiary alicyclic amines) is 2. The minimum atomic E-state index is -0.846. The number of carbonyl (C=O) groups excluding carboxylic acids is 4. The number of hydrogen-bond donors (Lipinski definition) is 2. The van der Waals surface area contributed by atoms with Gasteiger partial charge in [-0.1, -0.05) is 64.1 Å². The highest BCUT2D eigenvalue weighted by Gasteiger charge is 2.70. The van der Waals surface area contributed by atoms with Crippen molar-refractivity contribution in [1.82, 2.24) is 15.1 Å². The van der Waals surface area contributed by atoms with E-state index >= 15 is 0 Å². The molecule has 84 heavy (non-hydrogen) atoms. The molecule has 0 radical (unpaired) electrons. The summed E-state index contributed by atoms with van der Waals surface area (Å²) in [4.78, 5) is 51.5. The Balaban J connectivity index is 0.000000167. The first-order chi connectivity index (χ1) is 39.0. The number of furan rings is 2. The fourth-order valence-electron chi connectivity index (χ4n) is 15.0. The third-order valence-electron chi connectivity index (χ3n) is 19.7. The minimum Gasteiger partial charge on any atom is -0.464 e. The van der Waals surface area contributed by atoms with E-state index < -0.39 is 41.4 Å². The Hall–Kier alpha value is -4.69. The van der Waals surface area contributed by atoms with Gasteiger partial charge in [-0.25, -0.2) is 19.2 Å². The van der Waals surface area contributed by atoms with Crippen molar-refractivity contribution in [3.8, 4) is 0 Å². The first-order valence-corrected chi connectivity index (χ1v) is 30.5. The third-order valence-corrected chi connectivity index (χ3v) is 19.9. The van der Waals surface area contributed by atoms with Gasteiger partial charge in [0.25, 0.3) is 0 Å². The fourth-order valence-corrected chi connectivity index (χ4v) is 15.1. The van der Waals surface area contributed by atoms with Crippen LogP contribution in [0.3, 0.4) is 0 Å². The number of rotatable bonds is 11. The Morgan fingerprint density at radius 3 is 1.57 bits per heavy atom. The number of nitrogens with two attached hydrogens (primary N) is 1. The molecule has 12 atom stereocenters. The van der Waals surface area contributed by atoms with Crippen molar-refractivity contribution in [1.29, 1.82) is 0 Å². The smallest absolute Gasteiger partial charge is 0.464 e. The first-order valence-electron chi connectivity index (χ1n) is 30.1. The van der Waals surface area contributed by atoms with Gasteiger partial charge in [0.1, 0.15) is 35.6 Å². The second-order valence-corrected chi connectivity index (χ2v) is 28.4. The number of amides is 3. The number of carbonyl (C=O) groups is 4. The molecule has 460 valence electrons. The SMILES string of the molecule is CC(C)(C)OC(=O)N1CCC[C@@H]1COC(=O)Cl.CC(C)(C)OC(=O)N1CCC[C@@H]1COC(=O)N[C@@H](Cc1coc2ccccc12)B1O[C@@H]2C[C@@H]3C[C@@H](C3(C)C)[C@]2(C)O1.CC1(C)[C@@H]2C[C@H]3OB([C@@H](N)Cc4coc5ccccc45)O[C@@]3(C)[C@H]1C2.Cl. The van der Waals surface area contributed by atoms with Gasteiger partial charge < -0.3 is 67.2 Å². The highest BCUT2D eigenvalue weighted by Crippen LogP contribution is 2.67. The van der Waals surface area contributed by atoms with Gasteiger partial charge in [0.05, 0.1) is 54.0 Å². The number of para-hydroxylation sites is 2. The third kappa shape index (κ3) is 13.1. The molecule has 0 unspecified atom stereocenters. The quantitative estimate of drug-likeness (QED) is 0.0812. The molecule has 18 nitrogen and oxygen atoms in total. The van der Waals surface area contributed by atoms with Gasteiger partial charge in [-0.3, -0.25) is 0 Å². The molecular formula is C62H88B2Cl2N4O14. The number of hydrogen-bond acceptors (Lipinski definition) is 15. The van der Waals surface area contributed by atoms with E-state index in [4.69, 9.17) is 63.7 Å². The molecule has 4 bridgehead atoms. The Morgan fingerprint density at radius 2 is 1.11 bits per heavy atom. The van der Waals surface area contributed by atoms with Crippen molar-refractivity contribution < 1.29 is 65.6 Å². The van der Waals surface area contributed by atoms with Crippen molar-refractivity contribution in [2.45, 2.75) is 206 Å². The monoisotopic (exact) mass is 1200 g/mol. The van der Waals surface area contributed by atoms with E-state index in [1.165, 1.54) is 6.42 Å². The van der Waals surface area contributed by atoms with Gasteiger partial charge >= 0.3 is 37.9 Å². The lowest BCUT2D eigenvalue weighted by molar-refractivity contribution is -0.199. The zero-order valence-corrected chi connectivity index (χ0v) is 52.6. The van der Waals surface area contributed by atoms with E-state index in [0.29, 0.717) is 49.1 Å². The number of alkyl carbamates (subject to hydrolysis) is 1. The van der Waals surface area contributed by atoms with Crippen LogP contribution in [-0.4, -0.2) is 133 Å². The predicted octanol–water partition coefficient (Wildman–Crippen LogP) is 12.5. The van der Waals surface area contributed by atoms with E-state index in [1.54, 1.807) is 16.1 Å². The molecule has 4 aliphatic heterocycles. The van der Waals surface area contributed by atoms with E-state index in [9.17, 15) is 19.2 Å². The van der Waals surface area contributed by atoms with E-state index in [0.717, 1.165) is 83.9 Å². The first kappa shape index (κ1) is 63.8. The maximum Gasteiger partial charge on any atom is 0.482 e. The van der Waals surface area contributed by atoms with Gasteiger partial charge in [-0.05, 0) is 177 Å². The average Bonchev–Trinajstić information content (AvgIpc) is 1.55. The zero-order valence-electron chi connectivity index (χ0n) is 51.1. The molecule has 4 saturated heterocycles. The van der Waals surface area contributed by atoms with Gasteiger partial charge in [0.2, 0.25) is 0 Å². The Bertz CT molecular complexity index is 3000. The molecule has 2 aromatic carbocycles. The summed E-state index contributed by atoms with van der Waals surface area (Å²) < 4.78 is 58.8. The van der Waals surface area contributed by atoms with Crippen molar-refractivity contribution in [3.63, 3.8) is 0 Å². The van der Waals surface area contributed by atoms with E-state index in [1.807, 2.05) is 90.3 Å². The summed E-state index contributed by atoms with van der Waals surface area (Å²) >= 11 is 5.09. The molecular weight excluding hydrogens is 1120 g/mol. The Morgan fingerprint density at radius 1 is 0.667 bits per heavy atom. The molecule has 4 aromatic rings. The number of benzene rings is 2. The van der Waals surface area contributed by atoms with Crippen LogP contribution in [0.4, 0.5) is 19.2 Å². The van der Waals surface area contributed by atoms with Crippen LogP contribution in [0.15, 0.2) is 69.9 Å². The molecule has 6 heterocycles. The summed E-state index contributed by atoms with van der Waals surface area (Å²) in [6, 6.07) is 15.6. The molecule has 10 aliphatic rings. The predicted molar refractivity (Wildman–Crippen MR) is 323 cm³/mol. The molecule has 14 rings (SSSR count). The zero-order chi connectivity index (χ0) is 59.6. The maximum atomic E-state index is 13.2. The summed E-state index contributed by atoms with van der Waals surface area (Å²) in [5.74, 6) is 1.68. The Kier molecular flexibility index (Phi) is 18.6. The van der Waals surface area contributed by atoms with E-state index in [2.05, 4.69) is 52.9 Å². The van der Waals surface area contributed by atoms with Gasteiger partial charge in [0.15, 0.2) is 0 Å². The summed E-state index contributed by atoms with van der Waals surface area (Å²) in [6.07, 6.45) is 11.3. The number of nitrogens with one attached hydrogen (secondary N) is 1. The second kappa shape index (κ2) is 24.5.